The Labute approximate surface area is 175 Å². The summed E-state index contributed by atoms with van der Waals surface area (Å²) < 4.78 is 6.60. The first-order valence-corrected chi connectivity index (χ1v) is 11.4. The summed E-state index contributed by atoms with van der Waals surface area (Å²) in [7, 11) is 0. The molecule has 0 spiro atoms. The Morgan fingerprint density at radius 1 is 0.897 bits per heavy atom. The van der Waals surface area contributed by atoms with E-state index in [1.165, 1.54) is 45.5 Å². The van der Waals surface area contributed by atoms with Crippen LogP contribution in [0.25, 0.3) is 21.5 Å². The van der Waals surface area contributed by atoms with Crippen LogP contribution in [0, 0.1) is 36.5 Å². The van der Waals surface area contributed by atoms with Gasteiger partial charge >= 0.3 is 0 Å². The summed E-state index contributed by atoms with van der Waals surface area (Å²) in [6, 6.07) is 17.9. The fraction of sp³-hybridized carbons (Fsp3) is 0.500. The summed E-state index contributed by atoms with van der Waals surface area (Å²) in [5, 5.41) is 5.33. The van der Waals surface area contributed by atoms with E-state index in [-0.39, 0.29) is 5.60 Å². The van der Waals surface area contributed by atoms with Crippen molar-refractivity contribution in [3.8, 4) is 0 Å². The maximum atomic E-state index is 6.60. The number of hydrogen-bond acceptors (Lipinski definition) is 1. The molecule has 152 valence electrons. The second-order valence-corrected chi connectivity index (χ2v) is 10.4. The zero-order valence-corrected chi connectivity index (χ0v) is 18.5. The van der Waals surface area contributed by atoms with Gasteiger partial charge in [-0.15, -0.1) is 0 Å². The van der Waals surface area contributed by atoms with Gasteiger partial charge in [0.2, 0.25) is 0 Å². The fourth-order valence-electron chi connectivity index (χ4n) is 6.36. The molecule has 0 saturated heterocycles. The third-order valence-electron chi connectivity index (χ3n) is 8.52. The second-order valence-electron chi connectivity index (χ2n) is 10.4. The summed E-state index contributed by atoms with van der Waals surface area (Å²) in [6.45, 7) is 12.5. The highest BCUT2D eigenvalue weighted by molar-refractivity contribution is 6.02. The van der Waals surface area contributed by atoms with Crippen molar-refractivity contribution in [1.82, 2.24) is 0 Å². The Morgan fingerprint density at radius 2 is 1.66 bits per heavy atom. The molecule has 2 bridgehead atoms. The SMILES string of the molecule is Cc1c2ccccc2cc2cc(C(C)(C)OCC3CC4CC3C(C)C4C)ccc12. The van der Waals surface area contributed by atoms with Crippen LogP contribution in [0.5, 0.6) is 0 Å². The summed E-state index contributed by atoms with van der Waals surface area (Å²) >= 11 is 0. The number of rotatable bonds is 4. The lowest BCUT2D eigenvalue weighted by Gasteiger charge is -2.34. The zero-order valence-electron chi connectivity index (χ0n) is 18.5. The molecular weight excluding hydrogens is 352 g/mol. The first kappa shape index (κ1) is 19.1. The van der Waals surface area contributed by atoms with Gasteiger partial charge in [-0.05, 0) is 108 Å². The molecule has 5 rings (SSSR count). The van der Waals surface area contributed by atoms with Crippen molar-refractivity contribution in [2.24, 2.45) is 29.6 Å². The first-order valence-electron chi connectivity index (χ1n) is 11.4. The van der Waals surface area contributed by atoms with E-state index in [9.17, 15) is 0 Å². The zero-order chi connectivity index (χ0) is 20.3. The van der Waals surface area contributed by atoms with Gasteiger partial charge < -0.3 is 4.74 Å². The minimum atomic E-state index is -0.259. The third kappa shape index (κ3) is 3.10. The van der Waals surface area contributed by atoms with Crippen LogP contribution in [0.4, 0.5) is 0 Å². The lowest BCUT2D eigenvalue weighted by atomic mass is 9.76. The average molecular weight is 387 g/mol. The van der Waals surface area contributed by atoms with Gasteiger partial charge in [0.15, 0.2) is 0 Å². The van der Waals surface area contributed by atoms with Gasteiger partial charge in [0.1, 0.15) is 0 Å². The highest BCUT2D eigenvalue weighted by Crippen LogP contribution is 2.55. The van der Waals surface area contributed by atoms with Gasteiger partial charge in [0, 0.05) is 0 Å². The van der Waals surface area contributed by atoms with Gasteiger partial charge in [-0.1, -0.05) is 50.2 Å². The van der Waals surface area contributed by atoms with Crippen LogP contribution >= 0.6 is 0 Å². The summed E-state index contributed by atoms with van der Waals surface area (Å²) in [5.74, 6) is 4.32. The molecule has 0 amide bonds. The highest BCUT2D eigenvalue weighted by Gasteiger charge is 2.48. The van der Waals surface area contributed by atoms with Crippen molar-refractivity contribution in [2.45, 2.75) is 53.1 Å². The molecule has 5 unspecified atom stereocenters. The Balaban J connectivity index is 1.40. The maximum Gasteiger partial charge on any atom is 0.0875 e. The molecule has 0 N–H and O–H groups in total. The molecule has 3 aromatic carbocycles. The molecule has 0 heterocycles. The Hall–Kier alpha value is -1.86. The fourth-order valence-corrected chi connectivity index (χ4v) is 6.36. The van der Waals surface area contributed by atoms with Crippen molar-refractivity contribution in [3.05, 3.63) is 59.7 Å². The number of aryl methyl sites for hydroxylation is 1. The molecule has 29 heavy (non-hydrogen) atoms. The maximum absolute atomic E-state index is 6.60. The number of fused-ring (bicyclic) bond motifs is 4. The van der Waals surface area contributed by atoms with Crippen molar-refractivity contribution < 1.29 is 4.74 Å². The Morgan fingerprint density at radius 3 is 2.41 bits per heavy atom. The van der Waals surface area contributed by atoms with Crippen LogP contribution in [0.1, 0.15) is 51.7 Å². The minimum absolute atomic E-state index is 0.259. The van der Waals surface area contributed by atoms with Crippen molar-refractivity contribution in [2.75, 3.05) is 6.61 Å². The molecule has 2 saturated carbocycles. The van der Waals surface area contributed by atoms with Gasteiger partial charge in [0.25, 0.3) is 0 Å². The molecule has 1 heteroatoms. The summed E-state index contributed by atoms with van der Waals surface area (Å²) in [6.07, 6.45) is 2.80. The van der Waals surface area contributed by atoms with Gasteiger partial charge in [-0.3, -0.25) is 0 Å². The lowest BCUT2D eigenvalue weighted by molar-refractivity contribution is -0.0539. The Kier molecular flexibility index (Phi) is 4.51. The van der Waals surface area contributed by atoms with Gasteiger partial charge in [-0.2, -0.15) is 0 Å². The van der Waals surface area contributed by atoms with Crippen molar-refractivity contribution >= 4 is 21.5 Å². The van der Waals surface area contributed by atoms with Crippen LogP contribution in [0.3, 0.4) is 0 Å². The molecular formula is C28H34O. The first-order chi connectivity index (χ1) is 13.8. The predicted octanol–water partition coefficient (Wildman–Crippen LogP) is 7.48. The lowest BCUT2D eigenvalue weighted by Crippen LogP contribution is -2.31. The summed E-state index contributed by atoms with van der Waals surface area (Å²) in [4.78, 5) is 0. The molecule has 2 aliphatic carbocycles. The van der Waals surface area contributed by atoms with Crippen molar-refractivity contribution in [3.63, 3.8) is 0 Å². The molecule has 0 aromatic heterocycles. The van der Waals surface area contributed by atoms with E-state index in [1.54, 1.807) is 0 Å². The number of hydrogen-bond donors (Lipinski definition) is 0. The van der Waals surface area contributed by atoms with E-state index in [0.29, 0.717) is 0 Å². The molecule has 0 radical (unpaired) electrons. The molecule has 5 atom stereocenters. The van der Waals surface area contributed by atoms with Crippen LogP contribution in [0.15, 0.2) is 48.5 Å². The monoisotopic (exact) mass is 386 g/mol. The van der Waals surface area contributed by atoms with E-state index in [1.807, 2.05) is 0 Å². The van der Waals surface area contributed by atoms with E-state index in [2.05, 4.69) is 83.1 Å². The summed E-state index contributed by atoms with van der Waals surface area (Å²) in [5.41, 5.74) is 2.39. The molecule has 2 aliphatic rings. The van der Waals surface area contributed by atoms with Crippen LogP contribution in [-0.4, -0.2) is 6.61 Å². The van der Waals surface area contributed by atoms with Crippen LogP contribution in [-0.2, 0) is 10.3 Å². The minimum Gasteiger partial charge on any atom is -0.371 e. The van der Waals surface area contributed by atoms with E-state index in [4.69, 9.17) is 4.74 Å². The van der Waals surface area contributed by atoms with Crippen LogP contribution < -0.4 is 0 Å². The Bertz CT molecular complexity index is 1060. The van der Waals surface area contributed by atoms with Crippen molar-refractivity contribution in [1.29, 1.82) is 0 Å². The number of benzene rings is 3. The molecule has 1 nitrogen and oxygen atoms in total. The van der Waals surface area contributed by atoms with Crippen LogP contribution in [0.2, 0.25) is 0 Å². The predicted molar refractivity (Wildman–Crippen MR) is 123 cm³/mol. The van der Waals surface area contributed by atoms with E-state index < -0.39 is 0 Å². The smallest absolute Gasteiger partial charge is 0.0875 e. The van der Waals surface area contributed by atoms with Gasteiger partial charge in [-0.25, -0.2) is 0 Å². The van der Waals surface area contributed by atoms with E-state index >= 15 is 0 Å². The average Bonchev–Trinajstić information content (AvgIpc) is 3.26. The largest absolute Gasteiger partial charge is 0.371 e. The quantitative estimate of drug-likeness (QED) is 0.422. The topological polar surface area (TPSA) is 9.23 Å². The number of ether oxygens (including phenoxy) is 1. The highest BCUT2D eigenvalue weighted by atomic mass is 16.5. The normalized spacial score (nSPS) is 29.2. The molecule has 3 aromatic rings. The van der Waals surface area contributed by atoms with Gasteiger partial charge in [0.05, 0.1) is 12.2 Å². The molecule has 0 aliphatic heterocycles. The van der Waals surface area contributed by atoms with E-state index in [0.717, 1.165) is 36.2 Å². The third-order valence-corrected chi connectivity index (χ3v) is 8.52. The second kappa shape index (κ2) is 6.84. The standard InChI is InChI=1S/C28H34O/c1-17-18(2)27-15-21(17)13-23(27)16-29-28(4,5)24-10-11-26-19(3)25-9-7-6-8-20(25)12-22(26)14-24/h6-12,14,17-18,21,23,27H,13,15-16H2,1-5H3. The molecule has 2 fully saturated rings.